The van der Waals surface area contributed by atoms with Gasteiger partial charge in [0.25, 0.3) is 5.82 Å². The van der Waals surface area contributed by atoms with Crippen LogP contribution < -0.4 is 15.1 Å². The van der Waals surface area contributed by atoms with Gasteiger partial charge in [-0.2, -0.15) is 4.57 Å². The molecule has 0 unspecified atom stereocenters. The molecule has 2 aromatic heterocycles. The van der Waals surface area contributed by atoms with Gasteiger partial charge in [0.05, 0.1) is 11.1 Å². The molecule has 4 aromatic carbocycles. The number of hydrogen-bond acceptors (Lipinski definition) is 0. The van der Waals surface area contributed by atoms with Crippen LogP contribution in [-0.2, 0) is 6.54 Å². The van der Waals surface area contributed by atoms with Gasteiger partial charge in [-0.25, -0.2) is 4.57 Å². The monoisotopic (exact) mass is 504 g/mol. The van der Waals surface area contributed by atoms with Crippen molar-refractivity contribution in [3.05, 3.63) is 125 Å². The first-order valence-corrected chi connectivity index (χ1v) is 13.9. The number of aryl methyl sites for hydroxylation is 2. The molecule has 2 aliphatic rings. The van der Waals surface area contributed by atoms with Crippen molar-refractivity contribution in [3.8, 4) is 33.9 Å². The Kier molecular flexibility index (Phi) is 4.84. The third kappa shape index (κ3) is 3.33. The lowest BCUT2D eigenvalue weighted by Crippen LogP contribution is -2.30. The van der Waals surface area contributed by atoms with Crippen molar-refractivity contribution >= 4 is 23.1 Å². The van der Waals surface area contributed by atoms with E-state index < -0.39 is 0 Å². The summed E-state index contributed by atoms with van der Waals surface area (Å²) < 4.78 is 7.18. The zero-order valence-corrected chi connectivity index (χ0v) is 22.4. The summed E-state index contributed by atoms with van der Waals surface area (Å²) in [6.07, 6.45) is 11.4. The van der Waals surface area contributed by atoms with Crippen LogP contribution in [0, 0.1) is 13.8 Å². The fourth-order valence-corrected chi connectivity index (χ4v) is 6.83. The molecule has 1 aliphatic carbocycles. The number of para-hydroxylation sites is 1. The first kappa shape index (κ1) is 22.4. The molecule has 0 saturated carbocycles. The van der Waals surface area contributed by atoms with Gasteiger partial charge in [0.15, 0.2) is 0 Å². The van der Waals surface area contributed by atoms with Crippen LogP contribution in [0.2, 0.25) is 0 Å². The SMILES string of the molecule is Cc1cc(-c2cccc(-n3c4c(c5ccccc53)=CCCC=4)c2)cc(C)c1-n1cc[n+]2c1-c1ccccc1C2. The largest absolute Gasteiger partial charge is 0.310 e. The Hall–Kier alpha value is -4.63. The number of benzene rings is 4. The molecule has 0 radical (unpaired) electrons. The van der Waals surface area contributed by atoms with E-state index in [1.165, 1.54) is 72.1 Å². The highest BCUT2D eigenvalue weighted by Crippen LogP contribution is 2.34. The van der Waals surface area contributed by atoms with Crippen LogP contribution in [0.1, 0.15) is 29.5 Å². The molecule has 39 heavy (non-hydrogen) atoms. The normalized spacial score (nSPS) is 13.5. The minimum atomic E-state index is 0.939. The zero-order chi connectivity index (χ0) is 26.1. The van der Waals surface area contributed by atoms with Crippen LogP contribution in [0.25, 0.3) is 56.9 Å². The highest BCUT2D eigenvalue weighted by atomic mass is 15.2. The van der Waals surface area contributed by atoms with Crippen LogP contribution in [0.3, 0.4) is 0 Å². The predicted octanol–water partition coefficient (Wildman–Crippen LogP) is 6.38. The Morgan fingerprint density at radius 3 is 2.44 bits per heavy atom. The van der Waals surface area contributed by atoms with Crippen LogP contribution in [0.15, 0.2) is 97.3 Å². The lowest BCUT2D eigenvalue weighted by molar-refractivity contribution is -0.671. The number of rotatable bonds is 3. The third-order valence-electron chi connectivity index (χ3n) is 8.47. The molecule has 3 heteroatoms. The summed E-state index contributed by atoms with van der Waals surface area (Å²) in [5, 5.41) is 4.03. The Balaban J connectivity index is 1.26. The Morgan fingerprint density at radius 1 is 0.744 bits per heavy atom. The van der Waals surface area contributed by atoms with E-state index in [4.69, 9.17) is 0 Å². The quantitative estimate of drug-likeness (QED) is 0.248. The molecule has 0 bridgehead atoms. The molecule has 1 aliphatic heterocycles. The van der Waals surface area contributed by atoms with E-state index in [9.17, 15) is 0 Å². The van der Waals surface area contributed by atoms with E-state index in [2.05, 4.69) is 137 Å². The van der Waals surface area contributed by atoms with Crippen LogP contribution in [0.4, 0.5) is 0 Å². The second-order valence-corrected chi connectivity index (χ2v) is 10.9. The molecule has 0 saturated heterocycles. The van der Waals surface area contributed by atoms with Crippen molar-refractivity contribution in [2.45, 2.75) is 33.2 Å². The molecular formula is C36H30N3+. The maximum atomic E-state index is 2.44. The Morgan fingerprint density at radius 2 is 1.54 bits per heavy atom. The molecule has 8 rings (SSSR count). The van der Waals surface area contributed by atoms with Gasteiger partial charge in [-0.15, -0.1) is 0 Å². The van der Waals surface area contributed by atoms with E-state index in [0.717, 1.165) is 19.4 Å². The van der Waals surface area contributed by atoms with Gasteiger partial charge in [-0.05, 0) is 85.3 Å². The van der Waals surface area contributed by atoms with Crippen molar-refractivity contribution < 1.29 is 4.57 Å². The van der Waals surface area contributed by atoms with Crippen molar-refractivity contribution in [2.24, 2.45) is 0 Å². The highest BCUT2D eigenvalue weighted by Gasteiger charge is 2.31. The van der Waals surface area contributed by atoms with Crippen LogP contribution >= 0.6 is 0 Å². The number of imidazole rings is 1. The molecule has 0 fully saturated rings. The van der Waals surface area contributed by atoms with E-state index in [-0.39, 0.29) is 0 Å². The van der Waals surface area contributed by atoms with Crippen molar-refractivity contribution in [1.29, 1.82) is 0 Å². The third-order valence-corrected chi connectivity index (χ3v) is 8.47. The maximum absolute atomic E-state index is 2.44. The molecule has 3 nitrogen and oxygen atoms in total. The fraction of sp³-hybridized carbons (Fsp3) is 0.139. The first-order chi connectivity index (χ1) is 19.2. The van der Waals surface area contributed by atoms with E-state index in [1.807, 2.05) is 0 Å². The van der Waals surface area contributed by atoms with Crippen LogP contribution in [-0.4, -0.2) is 9.13 Å². The van der Waals surface area contributed by atoms with Gasteiger partial charge < -0.3 is 4.57 Å². The van der Waals surface area contributed by atoms with Gasteiger partial charge in [-0.3, -0.25) is 0 Å². The molecule has 188 valence electrons. The topological polar surface area (TPSA) is 13.7 Å². The summed E-state index contributed by atoms with van der Waals surface area (Å²) >= 11 is 0. The number of hydrogen-bond donors (Lipinski definition) is 0. The molecular weight excluding hydrogens is 474 g/mol. The van der Waals surface area contributed by atoms with Gasteiger partial charge in [-0.1, -0.05) is 60.7 Å². The minimum Gasteiger partial charge on any atom is -0.310 e. The lowest BCUT2D eigenvalue weighted by Gasteiger charge is -2.13. The number of nitrogens with zero attached hydrogens (tertiary/aromatic N) is 3. The minimum absolute atomic E-state index is 0.939. The van der Waals surface area contributed by atoms with E-state index >= 15 is 0 Å². The van der Waals surface area contributed by atoms with Gasteiger partial charge in [0, 0.05) is 27.2 Å². The summed E-state index contributed by atoms with van der Waals surface area (Å²) in [6.45, 7) is 5.43. The first-order valence-electron chi connectivity index (χ1n) is 13.9. The second kappa shape index (κ2) is 8.44. The molecule has 0 spiro atoms. The lowest BCUT2D eigenvalue weighted by atomic mass is 9.98. The predicted molar refractivity (Wildman–Crippen MR) is 160 cm³/mol. The average molecular weight is 505 g/mol. The Labute approximate surface area is 228 Å². The van der Waals surface area contributed by atoms with Crippen LogP contribution in [0.5, 0.6) is 0 Å². The van der Waals surface area contributed by atoms with E-state index in [0.29, 0.717) is 0 Å². The summed E-state index contributed by atoms with van der Waals surface area (Å²) in [6, 6.07) is 31.3. The van der Waals surface area contributed by atoms with E-state index in [1.54, 1.807) is 0 Å². The van der Waals surface area contributed by atoms with Crippen molar-refractivity contribution in [1.82, 2.24) is 9.13 Å². The highest BCUT2D eigenvalue weighted by molar-refractivity contribution is 5.85. The molecule has 0 N–H and O–H groups in total. The number of fused-ring (bicyclic) bond motifs is 6. The van der Waals surface area contributed by atoms with Gasteiger partial charge in [0.2, 0.25) is 0 Å². The Bertz CT molecular complexity index is 2050. The summed E-state index contributed by atoms with van der Waals surface area (Å²) in [7, 11) is 0. The zero-order valence-electron chi connectivity index (χ0n) is 22.4. The molecule has 0 amide bonds. The smallest absolute Gasteiger partial charge is 0.294 e. The molecule has 3 heterocycles. The molecule has 6 aromatic rings. The van der Waals surface area contributed by atoms with Gasteiger partial charge >= 0.3 is 0 Å². The van der Waals surface area contributed by atoms with Crippen molar-refractivity contribution in [3.63, 3.8) is 0 Å². The standard InChI is InChI=1S/C36H30N3/c1-24-20-28(21-25(2)35(24)38-19-18-37-23-27-10-3-4-13-30(27)36(37)38)26-11-9-12-29(22-26)39-33-16-7-5-14-31(33)32-15-6-8-17-34(32)39/h3-5,7,9-22H,6,8,23H2,1-2H3/q+1. The van der Waals surface area contributed by atoms with Gasteiger partial charge in [0.1, 0.15) is 24.6 Å². The number of aromatic nitrogens is 3. The molecule has 0 atom stereocenters. The summed E-state index contributed by atoms with van der Waals surface area (Å²) in [5.41, 5.74) is 11.5. The summed E-state index contributed by atoms with van der Waals surface area (Å²) in [5.74, 6) is 1.27. The average Bonchev–Trinajstić information content (AvgIpc) is 3.63. The second-order valence-electron chi connectivity index (χ2n) is 10.9. The maximum Gasteiger partial charge on any atom is 0.294 e. The summed E-state index contributed by atoms with van der Waals surface area (Å²) in [4.78, 5) is 0. The fourth-order valence-electron chi connectivity index (χ4n) is 6.83. The van der Waals surface area contributed by atoms with Crippen molar-refractivity contribution in [2.75, 3.05) is 0 Å².